The van der Waals surface area contributed by atoms with E-state index in [4.69, 9.17) is 10.7 Å². The molecule has 5 nitrogen and oxygen atoms in total. The van der Waals surface area contributed by atoms with Crippen LogP contribution in [0.2, 0.25) is 0 Å². The second kappa shape index (κ2) is 8.49. The van der Waals surface area contributed by atoms with Gasteiger partial charge < -0.3 is 10.8 Å². The molecule has 0 aliphatic heterocycles. The Hall–Kier alpha value is -3.28. The summed E-state index contributed by atoms with van der Waals surface area (Å²) >= 11 is 0. The minimum Gasteiger partial charge on any atom is -0.396 e. The molecular formula is C29H30N4O. The smallest absolute Gasteiger partial charge is 0.0974 e. The molecule has 2 aliphatic carbocycles. The van der Waals surface area contributed by atoms with E-state index in [9.17, 15) is 5.11 Å². The molecule has 2 aromatic heterocycles. The maximum Gasteiger partial charge on any atom is 0.0974 e. The van der Waals surface area contributed by atoms with Crippen LogP contribution in [-0.2, 0) is 24.8 Å². The second-order valence-corrected chi connectivity index (χ2v) is 9.69. The molecule has 2 heterocycles. The van der Waals surface area contributed by atoms with Crippen molar-refractivity contribution in [2.45, 2.75) is 50.5 Å². The summed E-state index contributed by atoms with van der Waals surface area (Å²) in [5, 5.41) is 17.2. The van der Waals surface area contributed by atoms with E-state index in [-0.39, 0.29) is 12.1 Å². The normalized spacial score (nSPS) is 15.9. The molecule has 0 bridgehead atoms. The Labute approximate surface area is 200 Å². The molecule has 0 spiro atoms. The number of H-pyrrole nitrogens is 1. The Morgan fingerprint density at radius 3 is 2.41 bits per heavy atom. The standard InChI is InChI=1S/C29H30N4O/c30-29(15-5-16-29)21-11-9-20(10-12-21)27-23(19-6-2-1-3-7-19)18-24-25(31-27)14-13-22-26(8-4-17-34)32-33-28(22)24/h1-3,6-7,9-12,18,34H,4-5,8,13-17,30H2,(H,32,33). The fourth-order valence-corrected chi connectivity index (χ4v) is 5.41. The van der Waals surface area contributed by atoms with E-state index >= 15 is 0 Å². The first-order chi connectivity index (χ1) is 16.7. The topological polar surface area (TPSA) is 87.8 Å². The minimum absolute atomic E-state index is 0.159. The van der Waals surface area contributed by atoms with Crippen molar-refractivity contribution in [2.24, 2.45) is 5.73 Å². The van der Waals surface area contributed by atoms with Crippen LogP contribution >= 0.6 is 0 Å². The van der Waals surface area contributed by atoms with Crippen molar-refractivity contribution in [1.29, 1.82) is 0 Å². The molecule has 0 unspecified atom stereocenters. The van der Waals surface area contributed by atoms with Gasteiger partial charge in [0.05, 0.1) is 17.1 Å². The highest BCUT2D eigenvalue weighted by atomic mass is 16.2. The number of aliphatic hydroxyl groups is 1. The molecule has 0 saturated heterocycles. The predicted octanol–water partition coefficient (Wildman–Crippen LogP) is 5.17. The number of hydrogen-bond acceptors (Lipinski definition) is 4. The van der Waals surface area contributed by atoms with Crippen molar-refractivity contribution >= 4 is 0 Å². The lowest BCUT2D eigenvalue weighted by Crippen LogP contribution is -2.43. The highest BCUT2D eigenvalue weighted by Gasteiger charge is 2.34. The number of aliphatic hydroxyl groups excluding tert-OH is 1. The number of nitrogens with one attached hydrogen (secondary N) is 1. The third-order valence-corrected chi connectivity index (χ3v) is 7.57. The Bertz CT molecular complexity index is 1320. The molecule has 1 fully saturated rings. The maximum absolute atomic E-state index is 9.26. The lowest BCUT2D eigenvalue weighted by molar-refractivity contribution is 0.253. The molecule has 6 rings (SSSR count). The van der Waals surface area contributed by atoms with E-state index in [1.54, 1.807) is 0 Å². The van der Waals surface area contributed by atoms with Crippen molar-refractivity contribution in [3.8, 4) is 33.6 Å². The molecule has 0 atom stereocenters. The molecule has 0 amide bonds. The number of aryl methyl sites for hydroxylation is 2. The molecule has 0 radical (unpaired) electrons. The predicted molar refractivity (Wildman–Crippen MR) is 135 cm³/mol. The summed E-state index contributed by atoms with van der Waals surface area (Å²) in [6, 6.07) is 21.5. The zero-order valence-electron chi connectivity index (χ0n) is 19.3. The monoisotopic (exact) mass is 450 g/mol. The highest BCUT2D eigenvalue weighted by molar-refractivity contribution is 5.86. The number of aromatic nitrogens is 3. The summed E-state index contributed by atoms with van der Waals surface area (Å²) < 4.78 is 0. The van der Waals surface area contributed by atoms with E-state index in [0.717, 1.165) is 83.6 Å². The Kier molecular flexibility index (Phi) is 5.31. The van der Waals surface area contributed by atoms with Gasteiger partial charge in [-0.3, -0.25) is 10.1 Å². The molecular weight excluding hydrogens is 420 g/mol. The van der Waals surface area contributed by atoms with Crippen LogP contribution in [0.15, 0.2) is 60.7 Å². The number of benzene rings is 2. The lowest BCUT2D eigenvalue weighted by Gasteiger charge is -2.38. The summed E-state index contributed by atoms with van der Waals surface area (Å²) in [5.41, 5.74) is 17.6. The zero-order valence-corrected chi connectivity index (χ0v) is 19.3. The van der Waals surface area contributed by atoms with Crippen LogP contribution in [0.25, 0.3) is 33.6 Å². The van der Waals surface area contributed by atoms with Gasteiger partial charge in [-0.2, -0.15) is 5.10 Å². The van der Waals surface area contributed by atoms with E-state index in [1.807, 2.05) is 6.07 Å². The fraction of sp³-hybridized carbons (Fsp3) is 0.310. The first kappa shape index (κ1) is 21.3. The van der Waals surface area contributed by atoms with E-state index in [0.29, 0.717) is 0 Å². The van der Waals surface area contributed by atoms with Crippen molar-refractivity contribution in [2.75, 3.05) is 6.61 Å². The van der Waals surface area contributed by atoms with Crippen LogP contribution in [0.5, 0.6) is 0 Å². The van der Waals surface area contributed by atoms with Gasteiger partial charge in [0.1, 0.15) is 0 Å². The summed E-state index contributed by atoms with van der Waals surface area (Å²) in [6.07, 6.45) is 6.70. The molecule has 4 N–H and O–H groups in total. The molecule has 5 heteroatoms. The highest BCUT2D eigenvalue weighted by Crippen LogP contribution is 2.42. The Balaban J connectivity index is 1.46. The van der Waals surface area contributed by atoms with Gasteiger partial charge >= 0.3 is 0 Å². The SMILES string of the molecule is NC1(c2ccc(-c3nc4c(cc3-c3ccccc3)-c3n[nH]c(CCCO)c3CC4)cc2)CCC1. The molecule has 172 valence electrons. The van der Waals surface area contributed by atoms with Gasteiger partial charge in [0.15, 0.2) is 0 Å². The van der Waals surface area contributed by atoms with Gasteiger partial charge in [-0.1, -0.05) is 54.6 Å². The van der Waals surface area contributed by atoms with E-state index in [1.165, 1.54) is 17.5 Å². The second-order valence-electron chi connectivity index (χ2n) is 9.69. The molecule has 4 aromatic rings. The maximum atomic E-state index is 9.26. The summed E-state index contributed by atoms with van der Waals surface area (Å²) in [4.78, 5) is 5.23. The van der Waals surface area contributed by atoms with Gasteiger partial charge in [-0.25, -0.2) is 0 Å². The average Bonchev–Trinajstić information content (AvgIpc) is 3.29. The van der Waals surface area contributed by atoms with Crippen LogP contribution in [0.3, 0.4) is 0 Å². The van der Waals surface area contributed by atoms with Crippen molar-refractivity contribution in [1.82, 2.24) is 15.2 Å². The van der Waals surface area contributed by atoms with Crippen LogP contribution in [0.1, 0.15) is 48.2 Å². The molecule has 1 saturated carbocycles. The number of pyridine rings is 1. The minimum atomic E-state index is -0.159. The third kappa shape index (κ3) is 3.56. The quantitative estimate of drug-likeness (QED) is 0.378. The molecule has 34 heavy (non-hydrogen) atoms. The Morgan fingerprint density at radius 1 is 0.912 bits per heavy atom. The number of fused-ring (bicyclic) bond motifs is 3. The van der Waals surface area contributed by atoms with Crippen LogP contribution in [-0.4, -0.2) is 26.9 Å². The van der Waals surface area contributed by atoms with Crippen LogP contribution in [0, 0.1) is 0 Å². The lowest BCUT2D eigenvalue weighted by atomic mass is 9.72. The molecule has 2 aromatic carbocycles. The average molecular weight is 451 g/mol. The van der Waals surface area contributed by atoms with E-state index < -0.39 is 0 Å². The van der Waals surface area contributed by atoms with Gasteiger partial charge in [-0.15, -0.1) is 0 Å². The third-order valence-electron chi connectivity index (χ3n) is 7.57. The summed E-state index contributed by atoms with van der Waals surface area (Å²) in [6.45, 7) is 0.192. The van der Waals surface area contributed by atoms with Crippen molar-refractivity contribution in [3.05, 3.63) is 83.2 Å². The first-order valence-electron chi connectivity index (χ1n) is 12.3. The van der Waals surface area contributed by atoms with Crippen LogP contribution in [0.4, 0.5) is 0 Å². The van der Waals surface area contributed by atoms with Crippen molar-refractivity contribution in [3.63, 3.8) is 0 Å². The number of nitrogens with zero attached hydrogens (tertiary/aromatic N) is 2. The molecule has 2 aliphatic rings. The van der Waals surface area contributed by atoms with Gasteiger partial charge in [0, 0.05) is 40.1 Å². The number of rotatable bonds is 6. The summed E-state index contributed by atoms with van der Waals surface area (Å²) in [5.74, 6) is 0. The van der Waals surface area contributed by atoms with Gasteiger partial charge in [0.2, 0.25) is 0 Å². The van der Waals surface area contributed by atoms with Gasteiger partial charge in [0.25, 0.3) is 0 Å². The fourth-order valence-electron chi connectivity index (χ4n) is 5.41. The largest absolute Gasteiger partial charge is 0.396 e. The number of aromatic amines is 1. The zero-order chi connectivity index (χ0) is 23.1. The summed E-state index contributed by atoms with van der Waals surface area (Å²) in [7, 11) is 0. The number of hydrogen-bond donors (Lipinski definition) is 3. The van der Waals surface area contributed by atoms with E-state index in [2.05, 4.69) is 64.8 Å². The van der Waals surface area contributed by atoms with Crippen LogP contribution < -0.4 is 5.73 Å². The number of nitrogens with two attached hydrogens (primary N) is 1. The Morgan fingerprint density at radius 2 is 1.71 bits per heavy atom. The van der Waals surface area contributed by atoms with Gasteiger partial charge in [-0.05, 0) is 62.1 Å². The first-order valence-corrected chi connectivity index (χ1v) is 12.3. The van der Waals surface area contributed by atoms with Crippen molar-refractivity contribution < 1.29 is 5.11 Å².